The van der Waals surface area contributed by atoms with Crippen molar-refractivity contribution < 1.29 is 13.0 Å². The molecular formula is C23H26ClN5O3S. The Kier molecular flexibility index (Phi) is 7.26. The van der Waals surface area contributed by atoms with E-state index >= 15 is 0 Å². The van der Waals surface area contributed by atoms with Crippen molar-refractivity contribution in [2.45, 2.75) is 6.54 Å². The molecule has 33 heavy (non-hydrogen) atoms. The van der Waals surface area contributed by atoms with Crippen molar-refractivity contribution in [1.29, 1.82) is 0 Å². The van der Waals surface area contributed by atoms with Crippen molar-refractivity contribution in [2.75, 3.05) is 39.0 Å². The zero-order valence-corrected chi connectivity index (χ0v) is 19.8. The van der Waals surface area contributed by atoms with Crippen LogP contribution in [-0.2, 0) is 16.7 Å². The molecule has 0 radical (unpaired) electrons. The molecule has 0 atom stereocenters. The summed E-state index contributed by atoms with van der Waals surface area (Å²) in [6, 6.07) is 18.5. The van der Waals surface area contributed by atoms with Gasteiger partial charge in [-0.05, 0) is 6.07 Å². The monoisotopic (exact) mass is 487 g/mol. The van der Waals surface area contributed by atoms with Crippen molar-refractivity contribution in [2.24, 2.45) is 0 Å². The van der Waals surface area contributed by atoms with E-state index in [9.17, 15) is 8.42 Å². The summed E-state index contributed by atoms with van der Waals surface area (Å²) in [5, 5.41) is 4.98. The normalized spacial score (nSPS) is 14.9. The van der Waals surface area contributed by atoms with Crippen LogP contribution in [0.1, 0.15) is 0 Å². The number of para-hydroxylation sites is 1. The molecule has 0 unspecified atom stereocenters. The van der Waals surface area contributed by atoms with Crippen molar-refractivity contribution in [3.8, 4) is 11.4 Å². The molecule has 0 bridgehead atoms. The van der Waals surface area contributed by atoms with Crippen molar-refractivity contribution >= 4 is 43.7 Å². The maximum atomic E-state index is 9.19. The van der Waals surface area contributed by atoms with Gasteiger partial charge in [0, 0.05) is 50.2 Å². The molecule has 174 valence electrons. The second kappa shape index (κ2) is 10.1. The second-order valence-electron chi connectivity index (χ2n) is 7.89. The quantitative estimate of drug-likeness (QED) is 0.336. The minimum atomic E-state index is -3.67. The summed E-state index contributed by atoms with van der Waals surface area (Å²) in [6.45, 7) is 6.11. The summed E-state index contributed by atoms with van der Waals surface area (Å²) in [5.41, 5.74) is 3.85. The third-order valence-corrected chi connectivity index (χ3v) is 5.69. The first-order chi connectivity index (χ1) is 15.8. The molecule has 0 aliphatic carbocycles. The predicted octanol–water partition coefficient (Wildman–Crippen LogP) is 3.31. The van der Waals surface area contributed by atoms with Gasteiger partial charge in [0.2, 0.25) is 0 Å². The lowest BCUT2D eigenvalue weighted by Crippen LogP contribution is -2.44. The van der Waals surface area contributed by atoms with Gasteiger partial charge < -0.3 is 9.88 Å². The number of pyridine rings is 1. The summed E-state index contributed by atoms with van der Waals surface area (Å²) >= 11 is 6.55. The third-order valence-electron chi connectivity index (χ3n) is 5.42. The Morgan fingerprint density at radius 2 is 1.64 bits per heavy atom. The molecule has 1 fully saturated rings. The number of aromatic nitrogens is 3. The maximum absolute atomic E-state index is 9.19. The SMILES string of the molecule is CS(=O)(=O)O.Clc1nc2ccccc2c2c1nc(-c1ccccc1)n2CCN1CCNCC1. The lowest BCUT2D eigenvalue weighted by atomic mass is 10.2. The van der Waals surface area contributed by atoms with Crippen LogP contribution in [0.25, 0.3) is 33.3 Å². The Balaban J connectivity index is 0.000000471. The third kappa shape index (κ3) is 5.87. The Morgan fingerprint density at radius 1 is 1.00 bits per heavy atom. The molecule has 0 saturated carbocycles. The number of fused-ring (bicyclic) bond motifs is 3. The first-order valence-corrected chi connectivity index (χ1v) is 12.9. The number of imidazole rings is 1. The largest absolute Gasteiger partial charge is 0.322 e. The van der Waals surface area contributed by atoms with E-state index in [4.69, 9.17) is 21.1 Å². The van der Waals surface area contributed by atoms with Gasteiger partial charge in [-0.2, -0.15) is 8.42 Å². The van der Waals surface area contributed by atoms with E-state index in [0.29, 0.717) is 11.4 Å². The number of nitrogens with one attached hydrogen (secondary N) is 1. The van der Waals surface area contributed by atoms with Gasteiger partial charge in [0.05, 0.1) is 17.3 Å². The number of hydrogen-bond acceptors (Lipinski definition) is 6. The topological polar surface area (TPSA) is 100 Å². The Bertz CT molecular complexity index is 1350. The van der Waals surface area contributed by atoms with Crippen LogP contribution in [0.3, 0.4) is 0 Å². The lowest BCUT2D eigenvalue weighted by molar-refractivity contribution is 0.233. The van der Waals surface area contributed by atoms with E-state index in [-0.39, 0.29) is 0 Å². The number of hydrogen-bond donors (Lipinski definition) is 2. The van der Waals surface area contributed by atoms with Gasteiger partial charge in [0.1, 0.15) is 11.3 Å². The molecule has 2 aromatic heterocycles. The summed E-state index contributed by atoms with van der Waals surface area (Å²) in [4.78, 5) is 12.0. The lowest BCUT2D eigenvalue weighted by Gasteiger charge is -2.27. The molecular weight excluding hydrogens is 462 g/mol. The van der Waals surface area contributed by atoms with Crippen LogP contribution < -0.4 is 5.32 Å². The summed E-state index contributed by atoms with van der Waals surface area (Å²) in [5.74, 6) is 0.950. The predicted molar refractivity (Wildman–Crippen MR) is 132 cm³/mol. The van der Waals surface area contributed by atoms with E-state index in [1.807, 2.05) is 36.4 Å². The number of halogens is 1. The van der Waals surface area contributed by atoms with Crippen LogP contribution in [0.2, 0.25) is 5.15 Å². The Morgan fingerprint density at radius 3 is 2.33 bits per heavy atom. The fourth-order valence-corrected chi connectivity index (χ4v) is 4.22. The van der Waals surface area contributed by atoms with Crippen molar-refractivity contribution in [3.05, 3.63) is 59.8 Å². The van der Waals surface area contributed by atoms with Crippen LogP contribution in [0.5, 0.6) is 0 Å². The Labute approximate surface area is 198 Å². The molecule has 0 spiro atoms. The maximum Gasteiger partial charge on any atom is 0.261 e. The number of piperazine rings is 1. The van der Waals surface area contributed by atoms with E-state index < -0.39 is 10.1 Å². The van der Waals surface area contributed by atoms with Crippen LogP contribution in [-0.4, -0.2) is 71.4 Å². The number of nitrogens with zero attached hydrogens (tertiary/aromatic N) is 4. The van der Waals surface area contributed by atoms with Gasteiger partial charge in [0.15, 0.2) is 5.15 Å². The van der Waals surface area contributed by atoms with E-state index in [2.05, 4.69) is 38.0 Å². The highest BCUT2D eigenvalue weighted by Gasteiger charge is 2.19. The fourth-order valence-electron chi connectivity index (χ4n) is 4.00. The van der Waals surface area contributed by atoms with Gasteiger partial charge in [0.25, 0.3) is 10.1 Å². The van der Waals surface area contributed by atoms with Crippen LogP contribution in [0, 0.1) is 0 Å². The van der Waals surface area contributed by atoms with E-state index in [0.717, 1.165) is 72.6 Å². The molecule has 2 N–H and O–H groups in total. The average molecular weight is 488 g/mol. The van der Waals surface area contributed by atoms with Crippen LogP contribution in [0.4, 0.5) is 0 Å². The van der Waals surface area contributed by atoms with Gasteiger partial charge in [-0.3, -0.25) is 9.45 Å². The van der Waals surface area contributed by atoms with Crippen LogP contribution >= 0.6 is 11.6 Å². The molecule has 10 heteroatoms. The molecule has 1 aliphatic rings. The van der Waals surface area contributed by atoms with Crippen molar-refractivity contribution in [1.82, 2.24) is 24.8 Å². The van der Waals surface area contributed by atoms with E-state index in [1.165, 1.54) is 0 Å². The molecule has 1 aliphatic heterocycles. The van der Waals surface area contributed by atoms with Gasteiger partial charge in [-0.15, -0.1) is 0 Å². The molecule has 5 rings (SSSR count). The first-order valence-electron chi connectivity index (χ1n) is 10.7. The van der Waals surface area contributed by atoms with Gasteiger partial charge in [-0.1, -0.05) is 60.1 Å². The average Bonchev–Trinajstić information content (AvgIpc) is 3.18. The molecule has 1 saturated heterocycles. The standard InChI is InChI=1S/C22H22ClN5.CH4O3S/c23-21-19-20(17-8-4-5-9-18(17)25-21)28(15-14-27-12-10-24-11-13-27)22(26-19)16-6-2-1-3-7-16;1-5(2,3)4/h1-9,24H,10-15H2;1H3,(H,2,3,4). The first kappa shape index (κ1) is 23.6. The summed E-state index contributed by atoms with van der Waals surface area (Å²) < 4.78 is 28.2. The zero-order chi connectivity index (χ0) is 23.4. The minimum Gasteiger partial charge on any atom is -0.322 e. The highest BCUT2D eigenvalue weighted by atomic mass is 35.5. The number of rotatable bonds is 4. The fraction of sp³-hybridized carbons (Fsp3) is 0.304. The highest BCUT2D eigenvalue weighted by molar-refractivity contribution is 7.85. The summed E-state index contributed by atoms with van der Waals surface area (Å²) in [6.07, 6.45) is 0.715. The number of benzene rings is 2. The highest BCUT2D eigenvalue weighted by Crippen LogP contribution is 2.33. The summed E-state index contributed by atoms with van der Waals surface area (Å²) in [7, 11) is -3.67. The zero-order valence-electron chi connectivity index (χ0n) is 18.3. The minimum absolute atomic E-state index is 0.465. The van der Waals surface area contributed by atoms with E-state index in [1.54, 1.807) is 0 Å². The van der Waals surface area contributed by atoms with Gasteiger partial charge >= 0.3 is 0 Å². The molecule has 8 nitrogen and oxygen atoms in total. The molecule has 4 aromatic rings. The van der Waals surface area contributed by atoms with Crippen molar-refractivity contribution in [3.63, 3.8) is 0 Å². The van der Waals surface area contributed by atoms with Gasteiger partial charge in [-0.25, -0.2) is 9.97 Å². The molecule has 0 amide bonds. The smallest absolute Gasteiger partial charge is 0.261 e. The van der Waals surface area contributed by atoms with Crippen LogP contribution in [0.15, 0.2) is 54.6 Å². The Hall–Kier alpha value is -2.56. The second-order valence-corrected chi connectivity index (χ2v) is 9.72. The molecule has 2 aromatic carbocycles. The molecule has 3 heterocycles.